The smallest absolute Gasteiger partial charge is 0.417 e. The first-order chi connectivity index (χ1) is 12.6. The summed E-state index contributed by atoms with van der Waals surface area (Å²) in [6, 6.07) is 5.03. The van der Waals surface area contributed by atoms with E-state index in [0.717, 1.165) is 24.3 Å². The van der Waals surface area contributed by atoms with Crippen LogP contribution in [0.4, 0.5) is 32.0 Å². The summed E-state index contributed by atoms with van der Waals surface area (Å²) in [6.45, 7) is -3.40. The Balaban J connectivity index is 1.92. The number of anilines is 1. The number of rotatable bonds is 7. The van der Waals surface area contributed by atoms with Crippen molar-refractivity contribution in [3.05, 3.63) is 59.8 Å². The fraction of sp³-hybridized carbons (Fsp3) is 0.188. The first-order valence-electron chi connectivity index (χ1n) is 7.26. The molecule has 2 rings (SSSR count). The highest BCUT2D eigenvalue weighted by Crippen LogP contribution is 2.29. The Hall–Kier alpha value is -3.11. The van der Waals surface area contributed by atoms with Crippen molar-refractivity contribution in [1.82, 2.24) is 4.98 Å². The molecule has 0 atom stereocenters. The van der Waals surface area contributed by atoms with Crippen molar-refractivity contribution >= 4 is 5.69 Å². The standard InChI is InChI=1S/C16H13F6N3O2/c17-12-3-2-11(5-13(12)27-15(18)19)24-7-10(23)8-26-14-4-1-9(6-25-14)16(20,21)22/h1-7,15,24H,8,23H2/b10-7-. The van der Waals surface area contributed by atoms with Crippen molar-refractivity contribution in [3.8, 4) is 11.6 Å². The van der Waals surface area contributed by atoms with Gasteiger partial charge in [0, 0.05) is 30.2 Å². The minimum Gasteiger partial charge on any atom is -0.471 e. The van der Waals surface area contributed by atoms with Gasteiger partial charge in [0.1, 0.15) is 6.61 Å². The largest absolute Gasteiger partial charge is 0.471 e. The maximum atomic E-state index is 13.3. The molecule has 0 amide bonds. The van der Waals surface area contributed by atoms with Crippen molar-refractivity contribution in [1.29, 1.82) is 0 Å². The van der Waals surface area contributed by atoms with Crippen LogP contribution in [0.3, 0.4) is 0 Å². The van der Waals surface area contributed by atoms with Crippen LogP contribution < -0.4 is 20.5 Å². The van der Waals surface area contributed by atoms with Gasteiger partial charge in [-0.25, -0.2) is 9.37 Å². The molecule has 0 saturated heterocycles. The van der Waals surface area contributed by atoms with Crippen LogP contribution in [0.15, 0.2) is 48.4 Å². The molecule has 0 aliphatic rings. The Bertz CT molecular complexity index is 794. The van der Waals surface area contributed by atoms with Gasteiger partial charge in [-0.15, -0.1) is 0 Å². The number of benzene rings is 1. The van der Waals surface area contributed by atoms with Gasteiger partial charge in [-0.1, -0.05) is 0 Å². The Kier molecular flexibility index (Phi) is 6.37. The molecule has 27 heavy (non-hydrogen) atoms. The third-order valence-electron chi connectivity index (χ3n) is 3.02. The van der Waals surface area contributed by atoms with E-state index in [4.69, 9.17) is 10.5 Å². The number of ether oxygens (including phenoxy) is 2. The normalized spacial score (nSPS) is 12.2. The highest BCUT2D eigenvalue weighted by molar-refractivity contribution is 5.51. The number of nitrogens with two attached hydrogens (primary N) is 1. The van der Waals surface area contributed by atoms with E-state index in [1.165, 1.54) is 12.3 Å². The van der Waals surface area contributed by atoms with Gasteiger partial charge in [-0.3, -0.25) is 0 Å². The molecule has 146 valence electrons. The van der Waals surface area contributed by atoms with E-state index >= 15 is 0 Å². The Labute approximate surface area is 149 Å². The van der Waals surface area contributed by atoms with Crippen LogP contribution >= 0.6 is 0 Å². The van der Waals surface area contributed by atoms with E-state index in [9.17, 15) is 26.3 Å². The van der Waals surface area contributed by atoms with Crippen LogP contribution in [0.1, 0.15) is 5.56 Å². The van der Waals surface area contributed by atoms with E-state index in [1.54, 1.807) is 0 Å². The molecule has 11 heteroatoms. The van der Waals surface area contributed by atoms with E-state index < -0.39 is 29.9 Å². The van der Waals surface area contributed by atoms with Crippen LogP contribution in [-0.4, -0.2) is 18.2 Å². The molecule has 0 fully saturated rings. The molecule has 0 bridgehead atoms. The number of pyridine rings is 1. The number of halogens is 6. The van der Waals surface area contributed by atoms with E-state index in [0.29, 0.717) is 6.20 Å². The first-order valence-corrected chi connectivity index (χ1v) is 7.26. The third-order valence-corrected chi connectivity index (χ3v) is 3.02. The molecule has 0 unspecified atom stereocenters. The van der Waals surface area contributed by atoms with Gasteiger partial charge < -0.3 is 20.5 Å². The van der Waals surface area contributed by atoms with Crippen molar-refractivity contribution in [2.75, 3.05) is 11.9 Å². The lowest BCUT2D eigenvalue weighted by molar-refractivity contribution is -0.137. The second-order valence-corrected chi connectivity index (χ2v) is 5.06. The maximum Gasteiger partial charge on any atom is 0.417 e. The number of hydrogen-bond donors (Lipinski definition) is 2. The summed E-state index contributed by atoms with van der Waals surface area (Å²) in [4.78, 5) is 3.51. The molecule has 0 aliphatic carbocycles. The molecule has 0 radical (unpaired) electrons. The molecule has 1 heterocycles. The lowest BCUT2D eigenvalue weighted by Gasteiger charge is -2.10. The van der Waals surface area contributed by atoms with E-state index in [-0.39, 0.29) is 23.9 Å². The summed E-state index contributed by atoms with van der Waals surface area (Å²) in [5.41, 5.74) is 5.06. The first kappa shape index (κ1) is 20.2. The molecule has 1 aromatic heterocycles. The Morgan fingerprint density at radius 2 is 1.96 bits per heavy atom. The summed E-state index contributed by atoms with van der Waals surface area (Å²) in [7, 11) is 0. The molecular formula is C16H13F6N3O2. The number of hydrogen-bond acceptors (Lipinski definition) is 5. The summed E-state index contributed by atoms with van der Waals surface area (Å²) >= 11 is 0. The second kappa shape index (κ2) is 8.52. The minimum atomic E-state index is -4.50. The minimum absolute atomic E-state index is 0.0752. The fourth-order valence-corrected chi connectivity index (χ4v) is 1.79. The Morgan fingerprint density at radius 1 is 1.22 bits per heavy atom. The number of aromatic nitrogens is 1. The summed E-state index contributed by atoms with van der Waals surface area (Å²) in [5, 5.41) is 2.62. The van der Waals surface area contributed by atoms with Crippen LogP contribution in [0.25, 0.3) is 0 Å². The van der Waals surface area contributed by atoms with Crippen molar-refractivity contribution in [2.45, 2.75) is 12.8 Å². The lowest BCUT2D eigenvalue weighted by atomic mass is 10.3. The molecule has 2 aromatic rings. The zero-order valence-corrected chi connectivity index (χ0v) is 13.4. The highest BCUT2D eigenvalue weighted by atomic mass is 19.4. The second-order valence-electron chi connectivity index (χ2n) is 5.06. The SMILES string of the molecule is N/C(=C\Nc1ccc(F)c(OC(F)F)c1)COc1ccc(C(F)(F)F)cn1. The number of nitrogens with one attached hydrogen (secondary N) is 1. The van der Waals surface area contributed by atoms with E-state index in [1.807, 2.05) is 0 Å². The molecule has 0 aliphatic heterocycles. The van der Waals surface area contributed by atoms with Gasteiger partial charge in [0.25, 0.3) is 0 Å². The Morgan fingerprint density at radius 3 is 2.56 bits per heavy atom. The third kappa shape index (κ3) is 6.28. The van der Waals surface area contributed by atoms with Gasteiger partial charge in [-0.05, 0) is 18.2 Å². The van der Waals surface area contributed by atoms with Crippen molar-refractivity contribution in [2.24, 2.45) is 5.73 Å². The van der Waals surface area contributed by atoms with Gasteiger partial charge >= 0.3 is 12.8 Å². The van der Waals surface area contributed by atoms with Crippen molar-refractivity contribution in [3.63, 3.8) is 0 Å². The molecular weight excluding hydrogens is 380 g/mol. The lowest BCUT2D eigenvalue weighted by Crippen LogP contribution is -2.12. The molecule has 1 aromatic carbocycles. The predicted octanol–water partition coefficient (Wildman–Crippen LogP) is 4.13. The van der Waals surface area contributed by atoms with Crippen LogP contribution in [0, 0.1) is 5.82 Å². The van der Waals surface area contributed by atoms with Gasteiger partial charge in [0.2, 0.25) is 5.88 Å². The van der Waals surface area contributed by atoms with Crippen LogP contribution in [-0.2, 0) is 6.18 Å². The monoisotopic (exact) mass is 393 g/mol. The average molecular weight is 393 g/mol. The number of nitrogens with zero attached hydrogens (tertiary/aromatic N) is 1. The van der Waals surface area contributed by atoms with Gasteiger partial charge in [0.05, 0.1) is 11.3 Å². The molecule has 5 nitrogen and oxygen atoms in total. The molecule has 3 N–H and O–H groups in total. The quantitative estimate of drug-likeness (QED) is 0.693. The van der Waals surface area contributed by atoms with Gasteiger partial charge in [0.15, 0.2) is 11.6 Å². The summed E-state index contributed by atoms with van der Waals surface area (Å²) < 4.78 is 84.1. The van der Waals surface area contributed by atoms with Gasteiger partial charge in [-0.2, -0.15) is 22.0 Å². The summed E-state index contributed by atoms with van der Waals surface area (Å²) in [6.07, 6.45) is -2.64. The maximum absolute atomic E-state index is 13.3. The zero-order chi connectivity index (χ0) is 20.0. The number of alkyl halides is 5. The zero-order valence-electron chi connectivity index (χ0n) is 13.4. The highest BCUT2D eigenvalue weighted by Gasteiger charge is 2.30. The van der Waals surface area contributed by atoms with Crippen LogP contribution in [0.2, 0.25) is 0 Å². The fourth-order valence-electron chi connectivity index (χ4n) is 1.79. The van der Waals surface area contributed by atoms with Crippen LogP contribution in [0.5, 0.6) is 11.6 Å². The van der Waals surface area contributed by atoms with E-state index in [2.05, 4.69) is 15.0 Å². The molecule has 0 spiro atoms. The molecule has 0 saturated carbocycles. The van der Waals surface area contributed by atoms with Crippen molar-refractivity contribution < 1.29 is 35.8 Å². The topological polar surface area (TPSA) is 69.4 Å². The average Bonchev–Trinajstić information content (AvgIpc) is 2.60. The predicted molar refractivity (Wildman–Crippen MR) is 83.7 cm³/mol. The summed E-state index contributed by atoms with van der Waals surface area (Å²) in [5.74, 6) is -1.68.